The zero-order valence-corrected chi connectivity index (χ0v) is 16.9. The largest absolute Gasteiger partial charge is 0.493 e. The molecule has 4 nitrogen and oxygen atoms in total. The second-order valence-corrected chi connectivity index (χ2v) is 6.07. The number of guanidine groups is 1. The first-order valence-electron chi connectivity index (χ1n) is 8.39. The third-order valence-electron chi connectivity index (χ3n) is 3.89. The topological polar surface area (TPSA) is 45.7 Å². The highest BCUT2D eigenvalue weighted by molar-refractivity contribution is 14.0. The maximum Gasteiger partial charge on any atom is 0.191 e. The maximum atomic E-state index is 6.01. The van der Waals surface area contributed by atoms with Gasteiger partial charge in [0.15, 0.2) is 5.96 Å². The van der Waals surface area contributed by atoms with E-state index >= 15 is 0 Å². The lowest BCUT2D eigenvalue weighted by atomic mass is 10.1. The molecular weight excluding hydrogens is 401 g/mol. The van der Waals surface area contributed by atoms with Crippen molar-refractivity contribution in [1.29, 1.82) is 0 Å². The number of hydrogen-bond donors (Lipinski definition) is 2. The molecule has 0 heterocycles. The SMILES string of the molecule is CCCCNC(=NC)NCc1ccc(C)cc1OCC1CC1.I. The second-order valence-electron chi connectivity index (χ2n) is 6.07. The molecule has 0 aromatic heterocycles. The van der Waals surface area contributed by atoms with Gasteiger partial charge >= 0.3 is 0 Å². The monoisotopic (exact) mass is 431 g/mol. The van der Waals surface area contributed by atoms with Crippen LogP contribution < -0.4 is 15.4 Å². The fourth-order valence-electron chi connectivity index (χ4n) is 2.22. The van der Waals surface area contributed by atoms with Crippen LogP contribution in [-0.2, 0) is 6.54 Å². The fraction of sp³-hybridized carbons (Fsp3) is 0.611. The lowest BCUT2D eigenvalue weighted by Crippen LogP contribution is -2.37. The number of benzene rings is 1. The van der Waals surface area contributed by atoms with Crippen LogP contribution in [-0.4, -0.2) is 26.2 Å². The zero-order valence-electron chi connectivity index (χ0n) is 14.5. The minimum Gasteiger partial charge on any atom is -0.493 e. The minimum absolute atomic E-state index is 0. The van der Waals surface area contributed by atoms with Crippen molar-refractivity contribution < 1.29 is 4.74 Å². The standard InChI is InChI=1S/C18H29N3O.HI/c1-4-5-10-20-18(19-3)21-12-16-9-6-14(2)11-17(16)22-13-15-7-8-15;/h6,9,11,15H,4-5,7-8,10,12-13H2,1-3H3,(H2,19,20,21);1H. The van der Waals surface area contributed by atoms with Crippen LogP contribution in [0.1, 0.15) is 43.7 Å². The average molecular weight is 431 g/mol. The highest BCUT2D eigenvalue weighted by Crippen LogP contribution is 2.30. The lowest BCUT2D eigenvalue weighted by molar-refractivity contribution is 0.296. The summed E-state index contributed by atoms with van der Waals surface area (Å²) in [4.78, 5) is 4.26. The predicted octanol–water partition coefficient (Wildman–Crippen LogP) is 3.87. The summed E-state index contributed by atoms with van der Waals surface area (Å²) in [5.74, 6) is 2.62. The first-order valence-corrected chi connectivity index (χ1v) is 8.39. The van der Waals surface area contributed by atoms with Gasteiger partial charge < -0.3 is 15.4 Å². The van der Waals surface area contributed by atoms with E-state index < -0.39 is 0 Å². The molecule has 0 amide bonds. The molecule has 0 bridgehead atoms. The Morgan fingerprint density at radius 1 is 1.30 bits per heavy atom. The number of rotatable bonds is 8. The molecule has 0 unspecified atom stereocenters. The van der Waals surface area contributed by atoms with Crippen LogP contribution in [0.4, 0.5) is 0 Å². The van der Waals surface area contributed by atoms with E-state index in [-0.39, 0.29) is 24.0 Å². The van der Waals surface area contributed by atoms with Crippen LogP contribution in [0, 0.1) is 12.8 Å². The summed E-state index contributed by atoms with van der Waals surface area (Å²) < 4.78 is 6.01. The van der Waals surface area contributed by atoms with Crippen molar-refractivity contribution in [3.05, 3.63) is 29.3 Å². The maximum absolute atomic E-state index is 6.01. The molecule has 2 rings (SSSR count). The Morgan fingerprint density at radius 3 is 2.74 bits per heavy atom. The van der Waals surface area contributed by atoms with Gasteiger partial charge in [-0.1, -0.05) is 25.5 Å². The Balaban J connectivity index is 0.00000264. The minimum atomic E-state index is 0. The van der Waals surface area contributed by atoms with Crippen LogP contribution in [0.3, 0.4) is 0 Å². The highest BCUT2D eigenvalue weighted by Gasteiger charge is 2.22. The molecule has 1 aromatic rings. The van der Waals surface area contributed by atoms with Gasteiger partial charge in [-0.2, -0.15) is 0 Å². The van der Waals surface area contributed by atoms with E-state index in [1.165, 1.54) is 30.4 Å². The van der Waals surface area contributed by atoms with Crippen molar-refractivity contribution >= 4 is 29.9 Å². The first kappa shape index (κ1) is 20.1. The number of halogens is 1. The second kappa shape index (κ2) is 10.7. The summed E-state index contributed by atoms with van der Waals surface area (Å²) in [5, 5.41) is 6.70. The predicted molar refractivity (Wildman–Crippen MR) is 108 cm³/mol. The van der Waals surface area contributed by atoms with E-state index in [0.29, 0.717) is 0 Å². The Hall–Kier alpha value is -0.980. The van der Waals surface area contributed by atoms with Gasteiger partial charge in [-0.15, -0.1) is 24.0 Å². The number of unbranched alkanes of at least 4 members (excludes halogenated alkanes) is 1. The lowest BCUT2D eigenvalue weighted by Gasteiger charge is -2.15. The summed E-state index contributed by atoms with van der Waals surface area (Å²) in [7, 11) is 1.81. The number of nitrogens with zero attached hydrogens (tertiary/aromatic N) is 1. The van der Waals surface area contributed by atoms with E-state index in [0.717, 1.165) is 43.7 Å². The molecule has 0 saturated heterocycles. The van der Waals surface area contributed by atoms with Crippen molar-refractivity contribution in [3.63, 3.8) is 0 Å². The molecule has 0 atom stereocenters. The van der Waals surface area contributed by atoms with Crippen LogP contribution >= 0.6 is 24.0 Å². The number of ether oxygens (including phenoxy) is 1. The third-order valence-corrected chi connectivity index (χ3v) is 3.89. The summed E-state index contributed by atoms with van der Waals surface area (Å²) in [6.07, 6.45) is 4.96. The van der Waals surface area contributed by atoms with Crippen molar-refractivity contribution in [2.24, 2.45) is 10.9 Å². The Labute approximate surface area is 157 Å². The molecule has 0 aliphatic heterocycles. The molecule has 5 heteroatoms. The molecule has 130 valence electrons. The van der Waals surface area contributed by atoms with Gasteiger partial charge in [-0.25, -0.2) is 0 Å². The molecule has 2 N–H and O–H groups in total. The molecule has 1 saturated carbocycles. The summed E-state index contributed by atoms with van der Waals surface area (Å²) >= 11 is 0. The van der Waals surface area contributed by atoms with Crippen molar-refractivity contribution in [2.75, 3.05) is 20.2 Å². The van der Waals surface area contributed by atoms with Gasteiger partial charge in [0.05, 0.1) is 6.61 Å². The van der Waals surface area contributed by atoms with Crippen LogP contribution in [0.25, 0.3) is 0 Å². The Kier molecular flexibility index (Phi) is 9.36. The summed E-state index contributed by atoms with van der Waals surface area (Å²) in [5.41, 5.74) is 2.42. The fourth-order valence-corrected chi connectivity index (χ4v) is 2.22. The van der Waals surface area contributed by atoms with E-state index in [1.807, 2.05) is 0 Å². The summed E-state index contributed by atoms with van der Waals surface area (Å²) in [6.45, 7) is 6.82. The molecule has 0 radical (unpaired) electrons. The Morgan fingerprint density at radius 2 is 2.09 bits per heavy atom. The number of hydrogen-bond acceptors (Lipinski definition) is 2. The zero-order chi connectivity index (χ0) is 15.8. The quantitative estimate of drug-likeness (QED) is 0.284. The molecule has 23 heavy (non-hydrogen) atoms. The van der Waals surface area contributed by atoms with E-state index in [1.54, 1.807) is 7.05 Å². The van der Waals surface area contributed by atoms with Crippen LogP contribution in [0.15, 0.2) is 23.2 Å². The highest BCUT2D eigenvalue weighted by atomic mass is 127. The average Bonchev–Trinajstić information content (AvgIpc) is 3.34. The number of nitrogens with one attached hydrogen (secondary N) is 2. The van der Waals surface area contributed by atoms with E-state index in [4.69, 9.17) is 4.74 Å². The third kappa shape index (κ3) is 7.42. The van der Waals surface area contributed by atoms with Gasteiger partial charge in [-0.3, -0.25) is 4.99 Å². The number of aliphatic imine (C=N–C) groups is 1. The van der Waals surface area contributed by atoms with E-state index in [9.17, 15) is 0 Å². The Bertz CT molecular complexity index is 501. The van der Waals surface area contributed by atoms with Crippen LogP contribution in [0.5, 0.6) is 5.75 Å². The normalized spacial score (nSPS) is 14.1. The molecule has 1 aromatic carbocycles. The smallest absolute Gasteiger partial charge is 0.191 e. The van der Waals surface area contributed by atoms with Crippen LogP contribution in [0.2, 0.25) is 0 Å². The molecule has 1 aliphatic carbocycles. The van der Waals surface area contributed by atoms with Gasteiger partial charge in [0, 0.05) is 25.7 Å². The first-order chi connectivity index (χ1) is 10.7. The number of aryl methyl sites for hydroxylation is 1. The molecular formula is C18H30IN3O. The van der Waals surface area contributed by atoms with Gasteiger partial charge in [0.25, 0.3) is 0 Å². The van der Waals surface area contributed by atoms with Gasteiger partial charge in [-0.05, 0) is 43.7 Å². The van der Waals surface area contributed by atoms with Crippen molar-refractivity contribution in [1.82, 2.24) is 10.6 Å². The van der Waals surface area contributed by atoms with Crippen molar-refractivity contribution in [2.45, 2.75) is 46.1 Å². The van der Waals surface area contributed by atoms with Crippen molar-refractivity contribution in [3.8, 4) is 5.75 Å². The van der Waals surface area contributed by atoms with Gasteiger partial charge in [0.1, 0.15) is 5.75 Å². The van der Waals surface area contributed by atoms with Gasteiger partial charge in [0.2, 0.25) is 0 Å². The molecule has 0 spiro atoms. The molecule has 1 fully saturated rings. The molecule has 1 aliphatic rings. The summed E-state index contributed by atoms with van der Waals surface area (Å²) in [6, 6.07) is 6.41. The van der Waals surface area contributed by atoms with E-state index in [2.05, 4.69) is 47.7 Å².